The van der Waals surface area contributed by atoms with E-state index in [9.17, 15) is 18.8 Å². The smallest absolute Gasteiger partial charge is 0.294 e. The first-order valence-electron chi connectivity index (χ1n) is 6.73. The molecule has 0 unspecified atom stereocenters. The van der Waals surface area contributed by atoms with E-state index in [-0.39, 0.29) is 17.3 Å². The minimum atomic E-state index is -0.552. The Morgan fingerprint density at radius 2 is 2.04 bits per heavy atom. The van der Waals surface area contributed by atoms with E-state index in [1.54, 1.807) is 5.38 Å². The summed E-state index contributed by atoms with van der Waals surface area (Å²) in [7, 11) is 0. The van der Waals surface area contributed by atoms with Gasteiger partial charge in [0, 0.05) is 11.6 Å². The number of hydrogen-bond acceptors (Lipinski definition) is 6. The van der Waals surface area contributed by atoms with Crippen LogP contribution in [-0.4, -0.2) is 33.5 Å². The minimum absolute atomic E-state index is 0.189. The number of anilines is 1. The van der Waals surface area contributed by atoms with E-state index in [0.717, 1.165) is 16.7 Å². The molecule has 1 fully saturated rings. The van der Waals surface area contributed by atoms with Gasteiger partial charge in [-0.15, -0.1) is 11.3 Å². The molecule has 1 aromatic carbocycles. The summed E-state index contributed by atoms with van der Waals surface area (Å²) >= 11 is 1.98. The number of amides is 3. The number of carbonyl (C=O) groups is 3. The average Bonchev–Trinajstić information content (AvgIpc) is 3.14. The number of nitrogens with one attached hydrogen (secondary N) is 1. The number of aromatic nitrogens is 1. The molecule has 2 aromatic rings. The Morgan fingerprint density at radius 3 is 2.71 bits per heavy atom. The van der Waals surface area contributed by atoms with E-state index in [1.807, 2.05) is 0 Å². The van der Waals surface area contributed by atoms with Crippen molar-refractivity contribution in [1.29, 1.82) is 0 Å². The van der Waals surface area contributed by atoms with Crippen molar-refractivity contribution in [2.24, 2.45) is 0 Å². The summed E-state index contributed by atoms with van der Waals surface area (Å²) in [4.78, 5) is 41.1. The van der Waals surface area contributed by atoms with Gasteiger partial charge in [-0.2, -0.15) is 0 Å². The lowest BCUT2D eigenvalue weighted by atomic mass is 10.2. The van der Waals surface area contributed by atoms with Crippen LogP contribution in [0.2, 0.25) is 0 Å². The quantitative estimate of drug-likeness (QED) is 0.845. The molecule has 0 atom stereocenters. The highest BCUT2D eigenvalue weighted by atomic mass is 32.2. The number of benzene rings is 1. The third-order valence-corrected chi connectivity index (χ3v) is 4.62. The third-order valence-electron chi connectivity index (χ3n) is 3.02. The molecule has 24 heavy (non-hydrogen) atoms. The molecule has 0 bridgehead atoms. The second-order valence-electron chi connectivity index (χ2n) is 4.70. The van der Waals surface area contributed by atoms with Crippen molar-refractivity contribution in [1.82, 2.24) is 9.88 Å². The molecule has 1 aliphatic rings. The van der Waals surface area contributed by atoms with Crippen LogP contribution in [0.15, 0.2) is 40.7 Å². The molecule has 1 aliphatic heterocycles. The number of thiazole rings is 1. The second kappa shape index (κ2) is 6.93. The van der Waals surface area contributed by atoms with Gasteiger partial charge >= 0.3 is 0 Å². The first-order valence-corrected chi connectivity index (χ1v) is 8.43. The van der Waals surface area contributed by atoms with Gasteiger partial charge in [0.15, 0.2) is 5.13 Å². The second-order valence-corrected chi connectivity index (χ2v) is 6.59. The highest BCUT2D eigenvalue weighted by Gasteiger charge is 2.36. The van der Waals surface area contributed by atoms with E-state index < -0.39 is 17.1 Å². The monoisotopic (exact) mass is 363 g/mol. The van der Waals surface area contributed by atoms with Crippen LogP contribution in [0.25, 0.3) is 6.08 Å². The molecule has 0 saturated carbocycles. The van der Waals surface area contributed by atoms with E-state index in [2.05, 4.69) is 10.3 Å². The maximum absolute atomic E-state index is 12.9. The lowest BCUT2D eigenvalue weighted by Gasteiger charge is -2.11. The van der Waals surface area contributed by atoms with Crippen LogP contribution in [0.1, 0.15) is 5.56 Å². The number of carbonyl (C=O) groups excluding carboxylic acids is 3. The molecular formula is C15H10FN3O3S2. The van der Waals surface area contributed by atoms with Gasteiger partial charge in [0.1, 0.15) is 12.4 Å². The van der Waals surface area contributed by atoms with Gasteiger partial charge in [0.2, 0.25) is 5.91 Å². The molecule has 1 saturated heterocycles. The van der Waals surface area contributed by atoms with E-state index in [1.165, 1.54) is 47.9 Å². The average molecular weight is 363 g/mol. The van der Waals surface area contributed by atoms with Crippen molar-refractivity contribution in [3.8, 4) is 0 Å². The standard InChI is InChI=1S/C15H10FN3O3S2/c16-10-3-1-9(2-4-10)7-11-13(21)19(15(22)24-11)8-12(20)18-14-17-5-6-23-14/h1-7H,8H2,(H,17,18,20)/b11-7+. The number of halogens is 1. The van der Waals surface area contributed by atoms with Gasteiger partial charge in [-0.3, -0.25) is 19.3 Å². The van der Waals surface area contributed by atoms with Gasteiger partial charge in [-0.25, -0.2) is 9.37 Å². The molecule has 3 amide bonds. The summed E-state index contributed by atoms with van der Waals surface area (Å²) in [6.07, 6.45) is 3.02. The first kappa shape index (κ1) is 16.3. The summed E-state index contributed by atoms with van der Waals surface area (Å²) in [5, 5.41) is 4.08. The van der Waals surface area contributed by atoms with E-state index in [0.29, 0.717) is 10.7 Å². The fourth-order valence-electron chi connectivity index (χ4n) is 1.93. The number of rotatable bonds is 4. The van der Waals surface area contributed by atoms with Crippen molar-refractivity contribution < 1.29 is 18.8 Å². The predicted octanol–water partition coefficient (Wildman–Crippen LogP) is 2.96. The highest BCUT2D eigenvalue weighted by molar-refractivity contribution is 8.18. The van der Waals surface area contributed by atoms with Crippen molar-refractivity contribution >= 4 is 51.4 Å². The Kier molecular flexibility index (Phi) is 4.72. The number of hydrogen-bond donors (Lipinski definition) is 1. The van der Waals surface area contributed by atoms with Gasteiger partial charge in [-0.05, 0) is 35.5 Å². The Hall–Kier alpha value is -2.52. The maximum Gasteiger partial charge on any atom is 0.294 e. The molecule has 1 N–H and O–H groups in total. The van der Waals surface area contributed by atoms with Crippen LogP contribution in [-0.2, 0) is 9.59 Å². The largest absolute Gasteiger partial charge is 0.300 e. The topological polar surface area (TPSA) is 79.4 Å². The van der Waals surface area contributed by atoms with Crippen molar-refractivity contribution in [2.45, 2.75) is 0 Å². The minimum Gasteiger partial charge on any atom is -0.300 e. The fourth-order valence-corrected chi connectivity index (χ4v) is 3.32. The van der Waals surface area contributed by atoms with Crippen molar-refractivity contribution in [3.63, 3.8) is 0 Å². The third kappa shape index (κ3) is 3.69. The molecule has 0 aliphatic carbocycles. The zero-order valence-electron chi connectivity index (χ0n) is 12.1. The van der Waals surface area contributed by atoms with Gasteiger partial charge in [-0.1, -0.05) is 12.1 Å². The number of thioether (sulfide) groups is 1. The van der Waals surface area contributed by atoms with Crippen LogP contribution in [0.4, 0.5) is 14.3 Å². The molecule has 3 rings (SSSR count). The molecular weight excluding hydrogens is 353 g/mol. The van der Waals surface area contributed by atoms with Gasteiger partial charge in [0.05, 0.1) is 4.91 Å². The van der Waals surface area contributed by atoms with Gasteiger partial charge in [0.25, 0.3) is 11.1 Å². The zero-order chi connectivity index (χ0) is 17.1. The van der Waals surface area contributed by atoms with Crippen molar-refractivity contribution in [2.75, 3.05) is 11.9 Å². The summed E-state index contributed by atoms with van der Waals surface area (Å²) in [5.41, 5.74) is 0.592. The summed E-state index contributed by atoms with van der Waals surface area (Å²) < 4.78 is 12.9. The molecule has 2 heterocycles. The van der Waals surface area contributed by atoms with Crippen LogP contribution in [0.3, 0.4) is 0 Å². The zero-order valence-corrected chi connectivity index (χ0v) is 13.7. The number of nitrogens with zero attached hydrogens (tertiary/aromatic N) is 2. The predicted molar refractivity (Wildman–Crippen MR) is 89.8 cm³/mol. The number of imide groups is 1. The van der Waals surface area contributed by atoms with Crippen LogP contribution in [0, 0.1) is 5.82 Å². The first-order chi connectivity index (χ1) is 11.5. The SMILES string of the molecule is O=C(CN1C(=O)S/C(=C/c2ccc(F)cc2)C1=O)Nc1nccs1. The van der Waals surface area contributed by atoms with Crippen LogP contribution < -0.4 is 5.32 Å². The Bertz CT molecular complexity index is 819. The van der Waals surface area contributed by atoms with Gasteiger partial charge < -0.3 is 5.32 Å². The molecule has 122 valence electrons. The highest BCUT2D eigenvalue weighted by Crippen LogP contribution is 2.32. The van der Waals surface area contributed by atoms with Crippen LogP contribution in [0.5, 0.6) is 0 Å². The van der Waals surface area contributed by atoms with Crippen LogP contribution >= 0.6 is 23.1 Å². The normalized spacial score (nSPS) is 16.0. The molecule has 1 aromatic heterocycles. The summed E-state index contributed by atoms with van der Waals surface area (Å²) in [6, 6.07) is 5.52. The molecule has 0 radical (unpaired) electrons. The Morgan fingerprint density at radius 1 is 1.29 bits per heavy atom. The van der Waals surface area contributed by atoms with Crippen molar-refractivity contribution in [3.05, 3.63) is 52.1 Å². The Balaban J connectivity index is 1.69. The maximum atomic E-state index is 12.9. The molecule has 9 heteroatoms. The van der Waals surface area contributed by atoms with E-state index >= 15 is 0 Å². The summed E-state index contributed by atoms with van der Waals surface area (Å²) in [5.74, 6) is -1.45. The molecule has 6 nitrogen and oxygen atoms in total. The lowest BCUT2D eigenvalue weighted by molar-refractivity contribution is -0.127. The van der Waals surface area contributed by atoms with E-state index in [4.69, 9.17) is 0 Å². The molecule has 0 spiro atoms. The lowest BCUT2D eigenvalue weighted by Crippen LogP contribution is -2.36. The Labute approximate surface area is 144 Å². The fraction of sp³-hybridized carbons (Fsp3) is 0.0667. The summed E-state index contributed by atoms with van der Waals surface area (Å²) in [6.45, 7) is -0.384.